The van der Waals surface area contributed by atoms with Gasteiger partial charge in [-0.05, 0) is 24.1 Å². The summed E-state index contributed by atoms with van der Waals surface area (Å²) in [7, 11) is 1.81. The highest BCUT2D eigenvalue weighted by atomic mass is 79.9. The lowest BCUT2D eigenvalue weighted by molar-refractivity contribution is 0.938. The molecule has 0 atom stereocenters. The highest BCUT2D eigenvalue weighted by molar-refractivity contribution is 9.09. The first-order valence-corrected chi connectivity index (χ1v) is 6.30. The molecule has 14 heavy (non-hydrogen) atoms. The molecule has 0 saturated heterocycles. The predicted molar refractivity (Wildman–Crippen MR) is 64.6 cm³/mol. The van der Waals surface area contributed by atoms with E-state index in [2.05, 4.69) is 28.1 Å². The van der Waals surface area contributed by atoms with Gasteiger partial charge in [0.25, 0.3) is 0 Å². The molecule has 0 aliphatic rings. The molecule has 0 radical (unpaired) electrons. The van der Waals surface area contributed by atoms with E-state index in [4.69, 9.17) is 0 Å². The van der Waals surface area contributed by atoms with Crippen LogP contribution in [0.5, 0.6) is 0 Å². The first-order valence-electron chi connectivity index (χ1n) is 4.37. The number of alkyl halides is 1. The molecule has 0 aliphatic carbocycles. The van der Waals surface area contributed by atoms with Crippen molar-refractivity contribution in [3.05, 3.63) is 33.4 Å². The number of aromatic nitrogens is 1. The summed E-state index contributed by atoms with van der Waals surface area (Å²) in [4.78, 5) is 11.5. The maximum atomic E-state index is 11.4. The summed E-state index contributed by atoms with van der Waals surface area (Å²) >= 11 is 4.72. The summed E-state index contributed by atoms with van der Waals surface area (Å²) in [6.45, 7) is 0. The lowest BCUT2D eigenvalue weighted by Gasteiger charge is -1.98. The summed E-state index contributed by atoms with van der Waals surface area (Å²) in [5, 5.41) is 0.959. The Morgan fingerprint density at radius 1 is 1.50 bits per heavy atom. The SMILES string of the molecule is Cn1c(=O)sc2cc(CCBr)ccc21. The molecule has 0 amide bonds. The van der Waals surface area contributed by atoms with Crippen molar-refractivity contribution in [2.24, 2.45) is 7.05 Å². The number of halogens is 1. The van der Waals surface area contributed by atoms with Gasteiger partial charge in [0.05, 0.1) is 10.2 Å². The number of benzene rings is 1. The molecular formula is C10H10BrNOS. The predicted octanol–water partition coefficient (Wildman–Crippen LogP) is 2.54. The van der Waals surface area contributed by atoms with Crippen LogP contribution in [0.1, 0.15) is 5.56 Å². The molecule has 0 spiro atoms. The van der Waals surface area contributed by atoms with E-state index in [0.29, 0.717) is 0 Å². The topological polar surface area (TPSA) is 22.0 Å². The van der Waals surface area contributed by atoms with Gasteiger partial charge in [-0.3, -0.25) is 4.79 Å². The van der Waals surface area contributed by atoms with Crippen molar-refractivity contribution in [2.75, 3.05) is 5.33 Å². The van der Waals surface area contributed by atoms with Gasteiger partial charge in [0.15, 0.2) is 0 Å². The van der Waals surface area contributed by atoms with Gasteiger partial charge in [-0.1, -0.05) is 33.3 Å². The zero-order valence-corrected chi connectivity index (χ0v) is 10.2. The lowest BCUT2D eigenvalue weighted by Crippen LogP contribution is -2.06. The Morgan fingerprint density at radius 2 is 2.29 bits per heavy atom. The third kappa shape index (κ3) is 1.64. The van der Waals surface area contributed by atoms with Crippen molar-refractivity contribution in [1.82, 2.24) is 4.57 Å². The fourth-order valence-electron chi connectivity index (χ4n) is 1.44. The van der Waals surface area contributed by atoms with Gasteiger partial charge in [0.1, 0.15) is 0 Å². The standard InChI is InChI=1S/C10H10BrNOS/c1-12-8-3-2-7(4-5-11)6-9(8)14-10(12)13/h2-3,6H,4-5H2,1H3. The molecule has 1 aromatic carbocycles. The second-order valence-electron chi connectivity index (χ2n) is 3.17. The monoisotopic (exact) mass is 271 g/mol. The molecule has 0 bridgehead atoms. The largest absolute Gasteiger partial charge is 0.307 e. The number of fused-ring (bicyclic) bond motifs is 1. The summed E-state index contributed by atoms with van der Waals surface area (Å²) in [6.07, 6.45) is 1.01. The molecule has 0 fully saturated rings. The third-order valence-electron chi connectivity index (χ3n) is 2.24. The van der Waals surface area contributed by atoms with E-state index in [0.717, 1.165) is 22.0 Å². The zero-order chi connectivity index (χ0) is 10.1. The molecule has 2 nitrogen and oxygen atoms in total. The second kappa shape index (κ2) is 3.87. The first-order chi connectivity index (χ1) is 6.72. The van der Waals surface area contributed by atoms with Crippen molar-refractivity contribution in [2.45, 2.75) is 6.42 Å². The van der Waals surface area contributed by atoms with Gasteiger partial charge in [0, 0.05) is 12.4 Å². The van der Waals surface area contributed by atoms with E-state index in [9.17, 15) is 4.79 Å². The molecule has 0 unspecified atom stereocenters. The Labute approximate surface area is 94.3 Å². The van der Waals surface area contributed by atoms with Gasteiger partial charge in [-0.25, -0.2) is 0 Å². The van der Waals surface area contributed by atoms with E-state index in [1.54, 1.807) is 4.57 Å². The smallest absolute Gasteiger partial charge is 0.302 e. The van der Waals surface area contributed by atoms with Crippen LogP contribution in [0.3, 0.4) is 0 Å². The number of aryl methyl sites for hydroxylation is 2. The Morgan fingerprint density at radius 3 is 3.00 bits per heavy atom. The van der Waals surface area contributed by atoms with Crippen LogP contribution in [0.25, 0.3) is 10.2 Å². The Kier molecular flexibility index (Phi) is 2.74. The summed E-state index contributed by atoms with van der Waals surface area (Å²) < 4.78 is 2.77. The highest BCUT2D eigenvalue weighted by Gasteiger charge is 2.03. The third-order valence-corrected chi connectivity index (χ3v) is 3.63. The van der Waals surface area contributed by atoms with Gasteiger partial charge in [-0.15, -0.1) is 0 Å². The van der Waals surface area contributed by atoms with Gasteiger partial charge < -0.3 is 4.57 Å². The molecule has 2 aromatic rings. The average Bonchev–Trinajstić information content (AvgIpc) is 2.43. The molecule has 1 heterocycles. The van der Waals surface area contributed by atoms with Crippen molar-refractivity contribution < 1.29 is 0 Å². The van der Waals surface area contributed by atoms with Crippen LogP contribution < -0.4 is 4.87 Å². The zero-order valence-electron chi connectivity index (χ0n) is 7.79. The quantitative estimate of drug-likeness (QED) is 0.770. The molecule has 2 rings (SSSR count). The fourth-order valence-corrected chi connectivity index (χ4v) is 2.84. The van der Waals surface area contributed by atoms with Crippen molar-refractivity contribution in [3.8, 4) is 0 Å². The molecule has 0 aliphatic heterocycles. The summed E-state index contributed by atoms with van der Waals surface area (Å²) in [6, 6.07) is 6.20. The summed E-state index contributed by atoms with van der Waals surface area (Å²) in [5.41, 5.74) is 2.30. The molecule has 0 saturated carbocycles. The Hall–Kier alpha value is -0.610. The molecule has 1 aromatic heterocycles. The minimum Gasteiger partial charge on any atom is -0.302 e. The van der Waals surface area contributed by atoms with Crippen LogP contribution in [-0.4, -0.2) is 9.90 Å². The van der Waals surface area contributed by atoms with Crippen LogP contribution >= 0.6 is 27.3 Å². The fraction of sp³-hybridized carbons (Fsp3) is 0.300. The van der Waals surface area contributed by atoms with Crippen molar-refractivity contribution in [1.29, 1.82) is 0 Å². The maximum Gasteiger partial charge on any atom is 0.307 e. The number of hydrogen-bond donors (Lipinski definition) is 0. The van der Waals surface area contributed by atoms with E-state index < -0.39 is 0 Å². The minimum absolute atomic E-state index is 0.107. The first kappa shape index (κ1) is 9.93. The van der Waals surface area contributed by atoms with E-state index in [-0.39, 0.29) is 4.87 Å². The molecular weight excluding hydrogens is 262 g/mol. The van der Waals surface area contributed by atoms with Crippen molar-refractivity contribution >= 4 is 37.5 Å². The second-order valence-corrected chi connectivity index (χ2v) is 4.95. The average molecular weight is 272 g/mol. The molecule has 4 heteroatoms. The van der Waals surface area contributed by atoms with Gasteiger partial charge in [-0.2, -0.15) is 0 Å². The minimum atomic E-state index is 0.107. The number of nitrogens with zero attached hydrogens (tertiary/aromatic N) is 1. The Balaban J connectivity index is 2.61. The van der Waals surface area contributed by atoms with Crippen LogP contribution in [0, 0.1) is 0 Å². The van der Waals surface area contributed by atoms with Gasteiger partial charge >= 0.3 is 4.87 Å². The van der Waals surface area contributed by atoms with E-state index in [1.165, 1.54) is 16.9 Å². The number of hydrogen-bond acceptors (Lipinski definition) is 2. The summed E-state index contributed by atoms with van der Waals surface area (Å²) in [5.74, 6) is 0. The normalized spacial score (nSPS) is 11.0. The number of rotatable bonds is 2. The molecule has 0 N–H and O–H groups in total. The van der Waals surface area contributed by atoms with E-state index >= 15 is 0 Å². The van der Waals surface area contributed by atoms with Gasteiger partial charge in [0.2, 0.25) is 0 Å². The van der Waals surface area contributed by atoms with Crippen LogP contribution in [-0.2, 0) is 13.5 Å². The van der Waals surface area contributed by atoms with Crippen LogP contribution in [0.2, 0.25) is 0 Å². The maximum absolute atomic E-state index is 11.4. The van der Waals surface area contributed by atoms with E-state index in [1.807, 2.05) is 13.1 Å². The number of thiazole rings is 1. The van der Waals surface area contributed by atoms with Crippen LogP contribution in [0.4, 0.5) is 0 Å². The highest BCUT2D eigenvalue weighted by Crippen LogP contribution is 2.18. The lowest BCUT2D eigenvalue weighted by atomic mass is 10.2. The molecule has 74 valence electrons. The van der Waals surface area contributed by atoms with Crippen LogP contribution in [0.15, 0.2) is 23.0 Å². The van der Waals surface area contributed by atoms with Crippen molar-refractivity contribution in [3.63, 3.8) is 0 Å². The Bertz CT molecular complexity index is 514.